The van der Waals surface area contributed by atoms with Gasteiger partial charge in [0.05, 0.1) is 18.4 Å². The van der Waals surface area contributed by atoms with Crippen molar-refractivity contribution < 1.29 is 19.7 Å². The Kier molecular flexibility index (Phi) is 7.19. The van der Waals surface area contributed by atoms with Gasteiger partial charge in [0.2, 0.25) is 5.91 Å². The maximum absolute atomic E-state index is 12.7. The molecule has 1 aliphatic heterocycles. The van der Waals surface area contributed by atoms with Gasteiger partial charge in [0.15, 0.2) is 0 Å². The zero-order chi connectivity index (χ0) is 22.5. The molecule has 170 valence electrons. The van der Waals surface area contributed by atoms with Gasteiger partial charge in [-0.2, -0.15) is 9.97 Å². The molecule has 1 saturated heterocycles. The van der Waals surface area contributed by atoms with Crippen molar-refractivity contribution in [2.75, 3.05) is 44.3 Å². The Morgan fingerprint density at radius 2 is 1.94 bits per heavy atom. The molecule has 3 heterocycles. The Morgan fingerprint density at radius 1 is 1.19 bits per heavy atom. The molecule has 4 rings (SSSR count). The Morgan fingerprint density at radius 3 is 2.62 bits per heavy atom. The van der Waals surface area contributed by atoms with Gasteiger partial charge in [0, 0.05) is 31.1 Å². The Balaban J connectivity index is 1.49. The number of carbonyl (C=O) groups excluding carboxylic acids is 1. The summed E-state index contributed by atoms with van der Waals surface area (Å²) in [5.74, 6) is 0.920. The number of aryl methyl sites for hydroxylation is 1. The van der Waals surface area contributed by atoms with Gasteiger partial charge in [0.25, 0.3) is 0 Å². The van der Waals surface area contributed by atoms with Gasteiger partial charge in [-0.25, -0.2) is 0 Å². The van der Waals surface area contributed by atoms with Crippen LogP contribution in [0.1, 0.15) is 17.4 Å². The largest absolute Gasteiger partial charge is 0.461 e. The van der Waals surface area contributed by atoms with E-state index in [0.717, 1.165) is 28.0 Å². The maximum Gasteiger partial charge on any atom is 0.319 e. The molecule has 0 saturated carbocycles. The number of benzene rings is 1. The Labute approximate surface area is 191 Å². The topological polar surface area (TPSA) is 99.0 Å². The lowest BCUT2D eigenvalue weighted by Gasteiger charge is -2.35. The molecule has 0 radical (unpaired) electrons. The zero-order valence-electron chi connectivity index (χ0n) is 18.1. The highest BCUT2D eigenvalue weighted by molar-refractivity contribution is 7.18. The molecule has 0 spiro atoms. The van der Waals surface area contributed by atoms with Crippen molar-refractivity contribution in [2.45, 2.75) is 25.9 Å². The quantitative estimate of drug-likeness (QED) is 0.534. The fourth-order valence-electron chi connectivity index (χ4n) is 3.69. The molecule has 1 amide bonds. The summed E-state index contributed by atoms with van der Waals surface area (Å²) in [5, 5.41) is 19.6. The molecule has 0 unspecified atom stereocenters. The number of hydrogen-bond acceptors (Lipinski definition) is 8. The van der Waals surface area contributed by atoms with Gasteiger partial charge < -0.3 is 24.7 Å². The van der Waals surface area contributed by atoms with E-state index < -0.39 is 6.10 Å². The van der Waals surface area contributed by atoms with Crippen molar-refractivity contribution in [3.63, 3.8) is 0 Å². The van der Waals surface area contributed by atoms with Crippen LogP contribution in [0.3, 0.4) is 0 Å². The molecular weight excluding hydrogens is 428 g/mol. The second kappa shape index (κ2) is 10.2. The van der Waals surface area contributed by atoms with Gasteiger partial charge in [-0.3, -0.25) is 4.79 Å². The molecule has 2 aromatic heterocycles. The minimum atomic E-state index is -0.980. The number of aliphatic hydroxyl groups is 2. The number of aliphatic hydroxyl groups excluding tert-OH is 2. The number of carbonyl (C=O) groups is 1. The lowest BCUT2D eigenvalue weighted by molar-refractivity contribution is -0.130. The molecular formula is C23H28N4O4S. The molecule has 0 aliphatic carbocycles. The minimum absolute atomic E-state index is 0.0742. The maximum atomic E-state index is 12.7. The van der Waals surface area contributed by atoms with Crippen LogP contribution in [0.15, 0.2) is 36.4 Å². The number of fused-ring (bicyclic) bond motifs is 1. The van der Waals surface area contributed by atoms with Gasteiger partial charge in [-0.1, -0.05) is 37.3 Å². The van der Waals surface area contributed by atoms with E-state index in [1.54, 1.807) is 11.3 Å². The van der Waals surface area contributed by atoms with Crippen molar-refractivity contribution in [2.24, 2.45) is 0 Å². The highest BCUT2D eigenvalue weighted by atomic mass is 32.1. The second-order valence-corrected chi connectivity index (χ2v) is 8.91. The molecule has 9 heteroatoms. The van der Waals surface area contributed by atoms with E-state index in [0.29, 0.717) is 32.6 Å². The third kappa shape index (κ3) is 5.17. The molecule has 1 atom stereocenters. The van der Waals surface area contributed by atoms with Crippen molar-refractivity contribution in [3.8, 4) is 6.01 Å². The van der Waals surface area contributed by atoms with Crippen LogP contribution in [-0.2, 0) is 17.6 Å². The summed E-state index contributed by atoms with van der Waals surface area (Å²) in [6.45, 7) is 4.24. The van der Waals surface area contributed by atoms with E-state index in [-0.39, 0.29) is 25.1 Å². The molecule has 3 aromatic rings. The highest BCUT2D eigenvalue weighted by Crippen LogP contribution is 2.33. The average Bonchev–Trinajstić information content (AvgIpc) is 3.26. The van der Waals surface area contributed by atoms with Gasteiger partial charge >= 0.3 is 6.01 Å². The van der Waals surface area contributed by atoms with Crippen LogP contribution in [0, 0.1) is 0 Å². The van der Waals surface area contributed by atoms with Gasteiger partial charge in [0.1, 0.15) is 23.4 Å². The first kappa shape index (κ1) is 22.4. The number of hydrogen-bond donors (Lipinski definition) is 2. The van der Waals surface area contributed by atoms with E-state index in [1.165, 1.54) is 4.88 Å². The number of aromatic nitrogens is 2. The predicted octanol–water partition coefficient (Wildman–Crippen LogP) is 1.88. The molecule has 32 heavy (non-hydrogen) atoms. The summed E-state index contributed by atoms with van der Waals surface area (Å²) in [4.78, 5) is 27.9. The summed E-state index contributed by atoms with van der Waals surface area (Å²) < 4.78 is 5.55. The number of rotatable bonds is 8. The first-order chi connectivity index (χ1) is 15.6. The summed E-state index contributed by atoms with van der Waals surface area (Å²) in [6.07, 6.45) is 0.335. The number of nitrogens with zero attached hydrogens (tertiary/aromatic N) is 4. The molecule has 1 fully saturated rings. The van der Waals surface area contributed by atoms with Crippen LogP contribution in [0.25, 0.3) is 10.2 Å². The number of amides is 1. The molecule has 0 bridgehead atoms. The summed E-state index contributed by atoms with van der Waals surface area (Å²) >= 11 is 1.60. The van der Waals surface area contributed by atoms with Crippen LogP contribution in [0.5, 0.6) is 6.01 Å². The van der Waals surface area contributed by atoms with Crippen molar-refractivity contribution >= 4 is 33.3 Å². The van der Waals surface area contributed by atoms with E-state index in [2.05, 4.69) is 27.9 Å². The van der Waals surface area contributed by atoms with Crippen molar-refractivity contribution in [1.29, 1.82) is 0 Å². The second-order valence-electron chi connectivity index (χ2n) is 7.79. The van der Waals surface area contributed by atoms with Crippen LogP contribution in [0.4, 0.5) is 5.82 Å². The molecule has 1 aromatic carbocycles. The van der Waals surface area contributed by atoms with Crippen LogP contribution in [-0.4, -0.2) is 76.5 Å². The monoisotopic (exact) mass is 456 g/mol. The minimum Gasteiger partial charge on any atom is -0.461 e. The Bertz CT molecular complexity index is 1050. The zero-order valence-corrected chi connectivity index (χ0v) is 18.9. The number of piperazine rings is 1. The van der Waals surface area contributed by atoms with Crippen molar-refractivity contribution in [3.05, 3.63) is 46.8 Å². The van der Waals surface area contributed by atoms with E-state index in [4.69, 9.17) is 9.84 Å². The van der Waals surface area contributed by atoms with Crippen LogP contribution >= 0.6 is 11.3 Å². The number of ether oxygens (including phenoxy) is 1. The van der Waals surface area contributed by atoms with Crippen molar-refractivity contribution in [1.82, 2.24) is 14.9 Å². The molecule has 2 N–H and O–H groups in total. The third-order valence-electron chi connectivity index (χ3n) is 5.50. The fraction of sp³-hybridized carbons (Fsp3) is 0.435. The third-order valence-corrected chi connectivity index (χ3v) is 6.67. The lowest BCUT2D eigenvalue weighted by atomic mass is 10.1. The number of anilines is 1. The standard InChI is InChI=1S/C23H28N4O4S/c1-2-18-13-19-21(24-23(25-22(19)32-18)31-15-17(29)14-28)27-10-8-26(9-11-27)20(30)12-16-6-4-3-5-7-16/h3-7,13,17,28-29H,2,8-12,14-15H2,1H3/t17-/m1/s1. The predicted molar refractivity (Wildman–Crippen MR) is 124 cm³/mol. The van der Waals surface area contributed by atoms with Gasteiger partial charge in [-0.15, -0.1) is 11.3 Å². The number of thiophene rings is 1. The normalized spacial score (nSPS) is 15.2. The smallest absolute Gasteiger partial charge is 0.319 e. The first-order valence-corrected chi connectivity index (χ1v) is 11.7. The van der Waals surface area contributed by atoms with Gasteiger partial charge in [-0.05, 0) is 18.1 Å². The fourth-order valence-corrected chi connectivity index (χ4v) is 4.64. The average molecular weight is 457 g/mol. The lowest BCUT2D eigenvalue weighted by Crippen LogP contribution is -2.49. The summed E-state index contributed by atoms with van der Waals surface area (Å²) in [6, 6.07) is 12.1. The first-order valence-electron chi connectivity index (χ1n) is 10.9. The van der Waals surface area contributed by atoms with Crippen LogP contribution in [0.2, 0.25) is 0 Å². The van der Waals surface area contributed by atoms with E-state index in [1.807, 2.05) is 35.2 Å². The summed E-state index contributed by atoms with van der Waals surface area (Å²) in [5.41, 5.74) is 1.02. The van der Waals surface area contributed by atoms with E-state index in [9.17, 15) is 9.90 Å². The summed E-state index contributed by atoms with van der Waals surface area (Å²) in [7, 11) is 0. The van der Waals surface area contributed by atoms with Crippen LogP contribution < -0.4 is 9.64 Å². The molecule has 1 aliphatic rings. The highest BCUT2D eigenvalue weighted by Gasteiger charge is 2.25. The molecule has 8 nitrogen and oxygen atoms in total. The van der Waals surface area contributed by atoms with E-state index >= 15 is 0 Å². The Hall–Kier alpha value is -2.75. The SMILES string of the molecule is CCc1cc2c(N3CCN(C(=O)Cc4ccccc4)CC3)nc(OC[C@H](O)CO)nc2s1.